The molecular weight excluding hydrogens is 268 g/mol. The molecule has 3 heterocycles. The molecule has 6 nitrogen and oxygen atoms in total. The molecule has 0 amide bonds. The van der Waals surface area contributed by atoms with Crippen molar-refractivity contribution in [2.24, 2.45) is 0 Å². The highest BCUT2D eigenvalue weighted by molar-refractivity contribution is 5.93. The van der Waals surface area contributed by atoms with Crippen molar-refractivity contribution < 1.29 is 9.90 Å². The zero-order valence-corrected chi connectivity index (χ0v) is 11.5. The van der Waals surface area contributed by atoms with Gasteiger partial charge in [0.15, 0.2) is 11.5 Å². The Morgan fingerprint density at radius 3 is 2.81 bits per heavy atom. The molecule has 106 valence electrons. The fourth-order valence-corrected chi connectivity index (χ4v) is 2.26. The number of carboxylic acids is 1. The van der Waals surface area contributed by atoms with Crippen LogP contribution in [-0.4, -0.2) is 32.5 Å². The monoisotopic (exact) mass is 282 g/mol. The Labute approximate surface area is 121 Å². The third-order valence-electron chi connectivity index (χ3n) is 3.20. The molecule has 0 saturated heterocycles. The smallest absolute Gasteiger partial charge is 0.356 e. The van der Waals surface area contributed by atoms with Gasteiger partial charge in [-0.05, 0) is 24.3 Å². The van der Waals surface area contributed by atoms with Crippen LogP contribution >= 0.6 is 0 Å². The molecule has 0 unspecified atom stereocenters. The minimum Gasteiger partial charge on any atom is -0.476 e. The molecule has 3 rings (SSSR count). The maximum atomic E-state index is 11.6. The van der Waals surface area contributed by atoms with Gasteiger partial charge < -0.3 is 10.0 Å². The average molecular weight is 282 g/mol. The van der Waals surface area contributed by atoms with Gasteiger partial charge >= 0.3 is 5.97 Å². The third-order valence-corrected chi connectivity index (χ3v) is 3.20. The maximum Gasteiger partial charge on any atom is 0.356 e. The van der Waals surface area contributed by atoms with Crippen molar-refractivity contribution in [3.05, 3.63) is 60.2 Å². The molecule has 0 atom stereocenters. The molecule has 0 saturated carbocycles. The highest BCUT2D eigenvalue weighted by atomic mass is 16.4. The van der Waals surface area contributed by atoms with E-state index in [-0.39, 0.29) is 5.69 Å². The number of fused-ring (bicyclic) bond motifs is 1. The number of hydrogen-bond donors (Lipinski definition) is 1. The van der Waals surface area contributed by atoms with Gasteiger partial charge in [0.1, 0.15) is 5.65 Å². The molecular formula is C15H14N4O2. The van der Waals surface area contributed by atoms with Crippen LogP contribution in [0.3, 0.4) is 0 Å². The van der Waals surface area contributed by atoms with Crippen LogP contribution in [0.25, 0.3) is 5.65 Å². The summed E-state index contributed by atoms with van der Waals surface area (Å²) in [5.74, 6) is -0.573. The van der Waals surface area contributed by atoms with Crippen LogP contribution in [0.15, 0.2) is 48.8 Å². The molecule has 0 aliphatic rings. The van der Waals surface area contributed by atoms with Crippen molar-refractivity contribution in [1.29, 1.82) is 0 Å². The number of pyridine rings is 2. The van der Waals surface area contributed by atoms with Gasteiger partial charge in [0, 0.05) is 19.4 Å². The molecule has 0 aliphatic carbocycles. The van der Waals surface area contributed by atoms with Crippen molar-refractivity contribution >= 4 is 17.4 Å². The number of aromatic carboxylic acids is 1. The van der Waals surface area contributed by atoms with Crippen LogP contribution in [0.1, 0.15) is 16.2 Å². The summed E-state index contributed by atoms with van der Waals surface area (Å²) < 4.78 is 1.58. The van der Waals surface area contributed by atoms with Crippen molar-refractivity contribution in [1.82, 2.24) is 14.4 Å². The number of anilines is 1. The first-order valence-electron chi connectivity index (χ1n) is 6.48. The van der Waals surface area contributed by atoms with Crippen molar-refractivity contribution in [3.8, 4) is 0 Å². The molecule has 3 aromatic rings. The molecule has 6 heteroatoms. The number of nitrogens with zero attached hydrogens (tertiary/aromatic N) is 4. The zero-order chi connectivity index (χ0) is 14.8. The van der Waals surface area contributed by atoms with Crippen molar-refractivity contribution in [2.75, 3.05) is 11.9 Å². The van der Waals surface area contributed by atoms with Gasteiger partial charge in [0.25, 0.3) is 0 Å². The fraction of sp³-hybridized carbons (Fsp3) is 0.133. The van der Waals surface area contributed by atoms with Gasteiger partial charge in [0.05, 0.1) is 12.2 Å². The first-order chi connectivity index (χ1) is 10.2. The summed E-state index contributed by atoms with van der Waals surface area (Å²) in [7, 11) is 1.81. The standard InChI is InChI=1S/C15H14N4O2/c1-18(10-11-6-2-4-8-16-11)14-13(15(20)21)19-9-5-3-7-12(19)17-14/h2-9H,10H2,1H3,(H,20,21). The van der Waals surface area contributed by atoms with E-state index in [1.54, 1.807) is 33.8 Å². The van der Waals surface area contributed by atoms with Gasteiger partial charge in [0.2, 0.25) is 0 Å². The predicted octanol–water partition coefficient (Wildman–Crippen LogP) is 2.06. The number of aromatic nitrogens is 3. The Morgan fingerprint density at radius 2 is 2.10 bits per heavy atom. The quantitative estimate of drug-likeness (QED) is 0.793. The highest BCUT2D eigenvalue weighted by Crippen LogP contribution is 2.22. The lowest BCUT2D eigenvalue weighted by atomic mass is 10.3. The number of carbonyl (C=O) groups is 1. The van der Waals surface area contributed by atoms with Gasteiger partial charge in [-0.25, -0.2) is 9.78 Å². The first kappa shape index (κ1) is 13.1. The largest absolute Gasteiger partial charge is 0.476 e. The van der Waals surface area contributed by atoms with E-state index in [0.717, 1.165) is 5.69 Å². The van der Waals surface area contributed by atoms with E-state index in [1.807, 2.05) is 31.3 Å². The normalized spacial score (nSPS) is 10.7. The first-order valence-corrected chi connectivity index (χ1v) is 6.48. The van der Waals surface area contributed by atoms with Gasteiger partial charge in [-0.1, -0.05) is 12.1 Å². The minimum atomic E-state index is -1.00. The van der Waals surface area contributed by atoms with E-state index in [4.69, 9.17) is 0 Å². The Balaban J connectivity index is 2.03. The highest BCUT2D eigenvalue weighted by Gasteiger charge is 2.21. The van der Waals surface area contributed by atoms with Crippen LogP contribution in [0.4, 0.5) is 5.82 Å². The van der Waals surface area contributed by atoms with Crippen LogP contribution in [0.2, 0.25) is 0 Å². The fourth-order valence-electron chi connectivity index (χ4n) is 2.26. The van der Waals surface area contributed by atoms with E-state index >= 15 is 0 Å². The summed E-state index contributed by atoms with van der Waals surface area (Å²) in [5.41, 5.74) is 1.62. The van der Waals surface area contributed by atoms with Crippen LogP contribution in [0, 0.1) is 0 Å². The Morgan fingerprint density at radius 1 is 1.29 bits per heavy atom. The SMILES string of the molecule is CN(Cc1ccccn1)c1nc2ccccn2c1C(=O)O. The molecule has 0 bridgehead atoms. The summed E-state index contributed by atoms with van der Waals surface area (Å²) in [6, 6.07) is 11.0. The molecule has 21 heavy (non-hydrogen) atoms. The predicted molar refractivity (Wildman–Crippen MR) is 78.5 cm³/mol. The summed E-state index contributed by atoms with van der Waals surface area (Å²) in [4.78, 5) is 22.0. The van der Waals surface area contributed by atoms with Crippen molar-refractivity contribution in [2.45, 2.75) is 6.54 Å². The van der Waals surface area contributed by atoms with E-state index < -0.39 is 5.97 Å². The second kappa shape index (κ2) is 5.24. The molecule has 1 N–H and O–H groups in total. The molecule has 0 radical (unpaired) electrons. The topological polar surface area (TPSA) is 70.7 Å². The van der Waals surface area contributed by atoms with E-state index in [1.165, 1.54) is 0 Å². The van der Waals surface area contributed by atoms with E-state index in [0.29, 0.717) is 18.0 Å². The summed E-state index contributed by atoms with van der Waals surface area (Å²) in [5, 5.41) is 9.46. The Bertz CT molecular complexity index is 783. The number of rotatable bonds is 4. The molecule has 0 aliphatic heterocycles. The van der Waals surface area contributed by atoms with Crippen LogP contribution < -0.4 is 4.90 Å². The minimum absolute atomic E-state index is 0.157. The lowest BCUT2D eigenvalue weighted by Gasteiger charge is -2.16. The zero-order valence-electron chi connectivity index (χ0n) is 11.5. The van der Waals surface area contributed by atoms with E-state index in [9.17, 15) is 9.90 Å². The molecule has 0 aromatic carbocycles. The molecule has 0 spiro atoms. The summed E-state index contributed by atoms with van der Waals surface area (Å²) in [6.45, 7) is 0.491. The molecule has 3 aromatic heterocycles. The Hall–Kier alpha value is -2.89. The molecule has 0 fully saturated rings. The average Bonchev–Trinajstić information content (AvgIpc) is 2.88. The lowest BCUT2D eigenvalue weighted by Crippen LogP contribution is -2.20. The maximum absolute atomic E-state index is 11.6. The van der Waals surface area contributed by atoms with E-state index in [2.05, 4.69) is 9.97 Å². The lowest BCUT2D eigenvalue weighted by molar-refractivity contribution is 0.0690. The number of hydrogen-bond acceptors (Lipinski definition) is 4. The second-order valence-corrected chi connectivity index (χ2v) is 4.70. The van der Waals surface area contributed by atoms with Gasteiger partial charge in [-0.3, -0.25) is 9.38 Å². The van der Waals surface area contributed by atoms with Gasteiger partial charge in [-0.2, -0.15) is 0 Å². The van der Waals surface area contributed by atoms with Crippen LogP contribution in [-0.2, 0) is 6.54 Å². The van der Waals surface area contributed by atoms with Gasteiger partial charge in [-0.15, -0.1) is 0 Å². The Kier molecular flexibility index (Phi) is 3.27. The van der Waals surface area contributed by atoms with Crippen LogP contribution in [0.5, 0.6) is 0 Å². The number of carboxylic acid groups (broad SMARTS) is 1. The summed E-state index contributed by atoms with van der Waals surface area (Å²) in [6.07, 6.45) is 3.41. The summed E-state index contributed by atoms with van der Waals surface area (Å²) >= 11 is 0. The third kappa shape index (κ3) is 2.43. The second-order valence-electron chi connectivity index (χ2n) is 4.70. The number of imidazole rings is 1. The van der Waals surface area contributed by atoms with Crippen molar-refractivity contribution in [3.63, 3.8) is 0 Å².